The summed E-state index contributed by atoms with van der Waals surface area (Å²) in [4.78, 5) is 59.1. The number of fused-ring (bicyclic) bond motifs is 1. The molecular formula is C42H45FN6O10S. The lowest BCUT2D eigenvalue weighted by molar-refractivity contribution is -0.158. The monoisotopic (exact) mass is 844 g/mol. The molecule has 18 heteroatoms. The van der Waals surface area contributed by atoms with Crippen LogP contribution in [0.3, 0.4) is 0 Å². The summed E-state index contributed by atoms with van der Waals surface area (Å²) in [7, 11) is -2.36. The van der Waals surface area contributed by atoms with E-state index in [2.05, 4.69) is 15.4 Å². The second kappa shape index (κ2) is 17.7. The molecule has 1 fully saturated rings. The maximum atomic E-state index is 13.8. The Morgan fingerprint density at radius 2 is 1.60 bits per heavy atom. The Labute approximate surface area is 346 Å². The molecule has 1 atom stereocenters. The highest BCUT2D eigenvalue weighted by molar-refractivity contribution is 7.90. The van der Waals surface area contributed by atoms with Gasteiger partial charge in [0, 0.05) is 42.9 Å². The van der Waals surface area contributed by atoms with E-state index in [9.17, 15) is 32.0 Å². The van der Waals surface area contributed by atoms with Gasteiger partial charge in [-0.05, 0) is 100 Å². The van der Waals surface area contributed by atoms with Crippen LogP contribution in [0.25, 0.3) is 16.8 Å². The summed E-state index contributed by atoms with van der Waals surface area (Å²) in [5.74, 6) is -2.48. The van der Waals surface area contributed by atoms with Crippen molar-refractivity contribution in [1.82, 2.24) is 19.5 Å². The molecule has 1 aliphatic rings. The third kappa shape index (κ3) is 10.4. The van der Waals surface area contributed by atoms with Gasteiger partial charge >= 0.3 is 18.2 Å². The molecule has 60 heavy (non-hydrogen) atoms. The van der Waals surface area contributed by atoms with Crippen molar-refractivity contribution < 1.29 is 50.9 Å². The van der Waals surface area contributed by atoms with Crippen molar-refractivity contribution in [2.24, 2.45) is 5.92 Å². The van der Waals surface area contributed by atoms with Gasteiger partial charge in [0.2, 0.25) is 12.7 Å². The van der Waals surface area contributed by atoms with E-state index in [1.165, 1.54) is 46.9 Å². The highest BCUT2D eigenvalue weighted by Gasteiger charge is 2.32. The van der Waals surface area contributed by atoms with E-state index in [0.717, 1.165) is 16.7 Å². The minimum Gasteiger partial charge on any atom is -0.495 e. The normalized spacial score (nSPS) is 13.9. The molecule has 3 amide bonds. The summed E-state index contributed by atoms with van der Waals surface area (Å²) in [5, 5.41) is 7.42. The molecule has 316 valence electrons. The number of nitrogens with zero attached hydrogens (tertiary/aromatic N) is 5. The standard InChI is InChI=1S/C42H45FN6O10S/c1-26(27-7-12-31(43)13-8-27)37(50)44-32-14-9-28(10-15-32)30-11-18-36-45-39(46-48(36)24-30)49(34-17-16-33(60(6,54)55)23-35(34)56-5)41(53)58-25-57-38(51)29-19-21-47(22-20-29)40(52)59-42(2,3)4/h7-18,23-24,26,29H,19-22,25H2,1-6H3,(H,44,50). The molecule has 16 nitrogen and oxygen atoms in total. The Balaban J connectivity index is 1.18. The van der Waals surface area contributed by atoms with Gasteiger partial charge in [0.1, 0.15) is 17.2 Å². The molecule has 0 bridgehead atoms. The maximum Gasteiger partial charge on any atom is 0.424 e. The predicted octanol–water partition coefficient (Wildman–Crippen LogP) is 7.11. The zero-order chi connectivity index (χ0) is 43.4. The first-order valence-electron chi connectivity index (χ1n) is 18.9. The highest BCUT2D eigenvalue weighted by Crippen LogP contribution is 2.36. The van der Waals surface area contributed by atoms with E-state index >= 15 is 0 Å². The lowest BCUT2D eigenvalue weighted by Gasteiger charge is -2.32. The molecule has 5 aromatic rings. The van der Waals surface area contributed by atoms with Crippen molar-refractivity contribution in [2.75, 3.05) is 43.5 Å². The van der Waals surface area contributed by atoms with Gasteiger partial charge in [-0.25, -0.2) is 31.8 Å². The first-order valence-corrected chi connectivity index (χ1v) is 20.8. The summed E-state index contributed by atoms with van der Waals surface area (Å²) >= 11 is 0. The number of rotatable bonds is 11. The number of methoxy groups -OCH3 is 1. The number of pyridine rings is 1. The van der Waals surface area contributed by atoms with Gasteiger partial charge < -0.3 is 29.2 Å². The van der Waals surface area contributed by atoms with Crippen LogP contribution >= 0.6 is 0 Å². The van der Waals surface area contributed by atoms with Gasteiger partial charge in [-0.2, -0.15) is 4.98 Å². The Hall–Kier alpha value is -6.56. The van der Waals surface area contributed by atoms with Crippen LogP contribution in [0.2, 0.25) is 0 Å². The fourth-order valence-corrected chi connectivity index (χ4v) is 6.98. The quantitative estimate of drug-likeness (QED) is 0.105. The van der Waals surface area contributed by atoms with E-state index in [4.69, 9.17) is 18.9 Å². The first-order chi connectivity index (χ1) is 28.4. The van der Waals surface area contributed by atoms with Crippen LogP contribution in [-0.2, 0) is 33.6 Å². The van der Waals surface area contributed by atoms with Gasteiger partial charge in [-0.15, -0.1) is 5.10 Å². The number of piperidine rings is 1. The first kappa shape index (κ1) is 43.0. The Morgan fingerprint density at radius 1 is 0.933 bits per heavy atom. The van der Waals surface area contributed by atoms with Crippen molar-refractivity contribution in [3.63, 3.8) is 0 Å². The molecule has 1 N–H and O–H groups in total. The molecule has 0 spiro atoms. The average molecular weight is 845 g/mol. The lowest BCUT2D eigenvalue weighted by Crippen LogP contribution is -2.43. The van der Waals surface area contributed by atoms with E-state index in [1.54, 1.807) is 82.4 Å². The summed E-state index contributed by atoms with van der Waals surface area (Å²) in [5.41, 5.74) is 2.43. The number of hydrogen-bond acceptors (Lipinski definition) is 12. The molecule has 1 unspecified atom stereocenters. The van der Waals surface area contributed by atoms with Crippen LogP contribution in [-0.4, -0.2) is 90.8 Å². The number of carbonyl (C=O) groups is 4. The summed E-state index contributed by atoms with van der Waals surface area (Å²) < 4.78 is 61.2. The number of nitrogens with one attached hydrogen (secondary N) is 1. The third-order valence-corrected chi connectivity index (χ3v) is 10.7. The van der Waals surface area contributed by atoms with Crippen LogP contribution in [0.4, 0.5) is 31.3 Å². The topological polar surface area (TPSA) is 188 Å². The second-order valence-corrected chi connectivity index (χ2v) is 17.2. The largest absolute Gasteiger partial charge is 0.495 e. The van der Waals surface area contributed by atoms with Crippen LogP contribution in [0.1, 0.15) is 52.0 Å². The Kier molecular flexibility index (Phi) is 12.7. The highest BCUT2D eigenvalue weighted by atomic mass is 32.2. The van der Waals surface area contributed by atoms with Crippen LogP contribution in [0, 0.1) is 11.7 Å². The number of sulfone groups is 1. The van der Waals surface area contributed by atoms with E-state index in [-0.39, 0.29) is 47.1 Å². The zero-order valence-corrected chi connectivity index (χ0v) is 34.7. The summed E-state index contributed by atoms with van der Waals surface area (Å²) in [6.07, 6.45) is 1.84. The van der Waals surface area contributed by atoms with Crippen LogP contribution < -0.4 is 15.0 Å². The minimum absolute atomic E-state index is 0.0117. The molecule has 0 aliphatic carbocycles. The second-order valence-electron chi connectivity index (χ2n) is 15.1. The molecule has 2 aromatic heterocycles. The van der Waals surface area contributed by atoms with E-state index in [0.29, 0.717) is 35.3 Å². The molecule has 1 saturated heterocycles. The molecule has 1 aliphatic heterocycles. The average Bonchev–Trinajstić information content (AvgIpc) is 3.63. The number of hydrogen-bond donors (Lipinski definition) is 1. The fourth-order valence-electron chi connectivity index (χ4n) is 6.34. The Morgan fingerprint density at radius 3 is 2.23 bits per heavy atom. The van der Waals surface area contributed by atoms with Gasteiger partial charge in [0.05, 0.1) is 29.5 Å². The molecule has 0 radical (unpaired) electrons. The number of esters is 1. The number of ether oxygens (including phenoxy) is 4. The molecule has 3 heterocycles. The molecule has 3 aromatic carbocycles. The minimum atomic E-state index is -3.66. The number of aromatic nitrogens is 3. The molecule has 6 rings (SSSR count). The van der Waals surface area contributed by atoms with Gasteiger partial charge in [0.15, 0.2) is 15.5 Å². The van der Waals surface area contributed by atoms with Gasteiger partial charge in [-0.1, -0.05) is 24.3 Å². The number of amides is 3. The molecular weight excluding hydrogens is 800 g/mol. The van der Waals surface area contributed by atoms with E-state index in [1.807, 2.05) is 0 Å². The van der Waals surface area contributed by atoms with Crippen LogP contribution in [0.5, 0.6) is 5.75 Å². The van der Waals surface area contributed by atoms with Gasteiger partial charge in [0.25, 0.3) is 5.95 Å². The predicted molar refractivity (Wildman–Crippen MR) is 218 cm³/mol. The zero-order valence-electron chi connectivity index (χ0n) is 33.9. The lowest BCUT2D eigenvalue weighted by atomic mass is 9.97. The number of anilines is 3. The van der Waals surface area contributed by atoms with Crippen molar-refractivity contribution in [2.45, 2.75) is 57.0 Å². The van der Waals surface area contributed by atoms with E-state index < -0.39 is 52.2 Å². The van der Waals surface area contributed by atoms with Crippen molar-refractivity contribution in [3.05, 3.63) is 96.4 Å². The van der Waals surface area contributed by atoms with Crippen molar-refractivity contribution in [3.8, 4) is 16.9 Å². The number of halogens is 1. The number of likely N-dealkylation sites (tertiary alicyclic amines) is 1. The fraction of sp³-hybridized carbons (Fsp3) is 0.333. The summed E-state index contributed by atoms with van der Waals surface area (Å²) in [6, 6.07) is 20.2. The van der Waals surface area contributed by atoms with Crippen molar-refractivity contribution in [1.29, 1.82) is 0 Å². The number of carbonyl (C=O) groups excluding carboxylic acids is 4. The maximum absolute atomic E-state index is 13.8. The van der Waals surface area contributed by atoms with Crippen LogP contribution in [0.15, 0.2) is 90.0 Å². The van der Waals surface area contributed by atoms with Gasteiger partial charge in [-0.3, -0.25) is 9.59 Å². The van der Waals surface area contributed by atoms with Crippen molar-refractivity contribution >= 4 is 56.9 Å². The molecule has 0 saturated carbocycles. The smallest absolute Gasteiger partial charge is 0.424 e. The third-order valence-electron chi connectivity index (χ3n) is 9.64. The summed E-state index contributed by atoms with van der Waals surface area (Å²) in [6.45, 7) is 6.86. The Bertz CT molecular complexity index is 2500. The number of benzene rings is 3. The SMILES string of the molecule is COc1cc(S(C)(=O)=O)ccc1N(C(=O)OCOC(=O)C1CCN(C(=O)OC(C)(C)C)CC1)c1nc2ccc(-c3ccc(NC(=O)C(C)c4ccc(F)cc4)cc3)cn2n1.